The Kier molecular flexibility index (Phi) is 8.67. The molecule has 5 heteroatoms. The third kappa shape index (κ3) is 6.96. The van der Waals surface area contributed by atoms with E-state index in [2.05, 4.69) is 23.2 Å². The second-order valence-electron chi connectivity index (χ2n) is 8.12. The summed E-state index contributed by atoms with van der Waals surface area (Å²) in [5, 5.41) is 12.8. The van der Waals surface area contributed by atoms with E-state index in [9.17, 15) is 9.90 Å². The third-order valence-electron chi connectivity index (χ3n) is 5.26. The molecule has 5 nitrogen and oxygen atoms in total. The van der Waals surface area contributed by atoms with E-state index < -0.39 is 5.92 Å². The van der Waals surface area contributed by atoms with Crippen molar-refractivity contribution in [3.8, 4) is 11.5 Å². The number of nitrogens with zero attached hydrogens (tertiary/aromatic N) is 1. The van der Waals surface area contributed by atoms with Crippen LogP contribution in [0.1, 0.15) is 30.4 Å². The number of phenols is 1. The summed E-state index contributed by atoms with van der Waals surface area (Å²) < 4.78 is 5.75. The molecule has 0 bridgehead atoms. The number of aromatic hydroxyl groups is 1. The van der Waals surface area contributed by atoms with Gasteiger partial charge in [-0.05, 0) is 73.6 Å². The van der Waals surface area contributed by atoms with Gasteiger partial charge in [-0.1, -0.05) is 55.5 Å². The van der Waals surface area contributed by atoms with Crippen LogP contribution in [-0.4, -0.2) is 43.2 Å². The highest BCUT2D eigenvalue weighted by molar-refractivity contribution is 6.04. The molecule has 0 aliphatic carbocycles. The van der Waals surface area contributed by atoms with Crippen LogP contribution in [0.3, 0.4) is 0 Å². The number of benzene rings is 3. The molecule has 1 atom stereocenters. The van der Waals surface area contributed by atoms with Crippen molar-refractivity contribution < 1.29 is 14.6 Å². The maximum Gasteiger partial charge on any atom is 0.236 e. The summed E-state index contributed by atoms with van der Waals surface area (Å²) in [4.78, 5) is 15.6. The monoisotopic (exact) mass is 444 g/mol. The van der Waals surface area contributed by atoms with Crippen molar-refractivity contribution in [1.29, 1.82) is 0 Å². The van der Waals surface area contributed by atoms with Crippen molar-refractivity contribution in [2.75, 3.05) is 32.6 Å². The topological polar surface area (TPSA) is 61.8 Å². The van der Waals surface area contributed by atoms with Crippen LogP contribution in [0.2, 0.25) is 0 Å². The largest absolute Gasteiger partial charge is 0.508 e. The molecule has 0 radical (unpaired) electrons. The van der Waals surface area contributed by atoms with Crippen LogP contribution in [0, 0.1) is 0 Å². The molecule has 0 fully saturated rings. The molecule has 0 spiro atoms. The molecule has 0 aliphatic rings. The van der Waals surface area contributed by atoms with E-state index in [1.807, 2.05) is 68.7 Å². The minimum atomic E-state index is -0.524. The van der Waals surface area contributed by atoms with Gasteiger partial charge in [0.15, 0.2) is 0 Å². The number of amides is 1. The van der Waals surface area contributed by atoms with Crippen molar-refractivity contribution in [2.45, 2.75) is 19.3 Å². The summed E-state index contributed by atoms with van der Waals surface area (Å²) in [6.45, 7) is 3.49. The Morgan fingerprint density at radius 1 is 1.00 bits per heavy atom. The molecular weight excluding hydrogens is 412 g/mol. The molecule has 0 aliphatic heterocycles. The van der Waals surface area contributed by atoms with Crippen LogP contribution in [0.15, 0.2) is 84.9 Å². The number of hydrogen-bond donors (Lipinski definition) is 2. The van der Waals surface area contributed by atoms with Gasteiger partial charge in [0.1, 0.15) is 18.1 Å². The SMILES string of the molecule is CC/C=C(\c1ccccc1)C(C(=O)Nc1ccc(OCCN(C)C)cc1)c1ccc(O)cc1. The highest BCUT2D eigenvalue weighted by atomic mass is 16.5. The number of ether oxygens (including phenoxy) is 1. The first-order chi connectivity index (χ1) is 16.0. The zero-order chi connectivity index (χ0) is 23.6. The van der Waals surface area contributed by atoms with Gasteiger partial charge in [0.05, 0.1) is 5.92 Å². The second-order valence-corrected chi connectivity index (χ2v) is 8.12. The molecule has 3 aromatic rings. The number of carbonyl (C=O) groups excluding carboxylic acids is 1. The van der Waals surface area contributed by atoms with E-state index >= 15 is 0 Å². The average Bonchev–Trinajstić information content (AvgIpc) is 2.81. The lowest BCUT2D eigenvalue weighted by Gasteiger charge is -2.22. The van der Waals surface area contributed by atoms with Gasteiger partial charge in [-0.25, -0.2) is 0 Å². The van der Waals surface area contributed by atoms with Crippen LogP contribution < -0.4 is 10.1 Å². The number of phenolic OH excluding ortho intramolecular Hbond substituents is 1. The van der Waals surface area contributed by atoms with Gasteiger partial charge in [0.2, 0.25) is 5.91 Å². The summed E-state index contributed by atoms with van der Waals surface area (Å²) >= 11 is 0. The van der Waals surface area contributed by atoms with Crippen LogP contribution in [0.25, 0.3) is 5.57 Å². The molecule has 0 saturated heterocycles. The molecule has 0 saturated carbocycles. The number of likely N-dealkylation sites (N-methyl/N-ethyl adjacent to an activating group) is 1. The quantitative estimate of drug-likeness (QED) is 0.430. The van der Waals surface area contributed by atoms with Gasteiger partial charge in [0, 0.05) is 12.2 Å². The Morgan fingerprint density at radius 3 is 2.27 bits per heavy atom. The molecule has 1 unspecified atom stereocenters. The maximum atomic E-state index is 13.6. The molecule has 0 aromatic heterocycles. The van der Waals surface area contributed by atoms with Crippen molar-refractivity contribution >= 4 is 17.2 Å². The molecular formula is C28H32N2O3. The van der Waals surface area contributed by atoms with E-state index in [4.69, 9.17) is 4.74 Å². The normalized spacial score (nSPS) is 12.4. The zero-order valence-corrected chi connectivity index (χ0v) is 19.5. The third-order valence-corrected chi connectivity index (χ3v) is 5.26. The fourth-order valence-electron chi connectivity index (χ4n) is 3.59. The van der Waals surface area contributed by atoms with Crippen molar-refractivity contribution in [1.82, 2.24) is 4.90 Å². The zero-order valence-electron chi connectivity index (χ0n) is 19.5. The molecule has 3 rings (SSSR count). The van der Waals surface area contributed by atoms with E-state index in [-0.39, 0.29) is 11.7 Å². The van der Waals surface area contributed by atoms with Crippen LogP contribution >= 0.6 is 0 Å². The molecule has 172 valence electrons. The number of anilines is 1. The van der Waals surface area contributed by atoms with Crippen LogP contribution in [-0.2, 0) is 4.79 Å². The van der Waals surface area contributed by atoms with Crippen molar-refractivity contribution in [3.05, 3.63) is 96.1 Å². The number of carbonyl (C=O) groups is 1. The lowest BCUT2D eigenvalue weighted by molar-refractivity contribution is -0.116. The smallest absolute Gasteiger partial charge is 0.236 e. The summed E-state index contributed by atoms with van der Waals surface area (Å²) in [5.74, 6) is 0.277. The summed E-state index contributed by atoms with van der Waals surface area (Å²) in [6.07, 6.45) is 2.89. The van der Waals surface area contributed by atoms with Gasteiger partial charge < -0.3 is 20.1 Å². The Balaban J connectivity index is 1.85. The van der Waals surface area contributed by atoms with Gasteiger partial charge in [-0.3, -0.25) is 4.79 Å². The standard InChI is InChI=1S/C28H32N2O3/c1-4-8-26(21-9-6-5-7-10-21)27(22-11-15-24(31)16-12-22)28(32)29-23-13-17-25(18-14-23)33-20-19-30(2)3/h5-18,27,31H,4,19-20H2,1-3H3,(H,29,32)/b26-8+. The lowest BCUT2D eigenvalue weighted by atomic mass is 9.85. The highest BCUT2D eigenvalue weighted by Gasteiger charge is 2.26. The Labute approximate surface area is 196 Å². The van der Waals surface area contributed by atoms with E-state index in [1.165, 1.54) is 0 Å². The highest BCUT2D eigenvalue weighted by Crippen LogP contribution is 2.34. The predicted octanol–water partition coefficient (Wildman–Crippen LogP) is 5.55. The molecule has 0 heterocycles. The molecule has 33 heavy (non-hydrogen) atoms. The Morgan fingerprint density at radius 2 is 1.67 bits per heavy atom. The van der Waals surface area contributed by atoms with Gasteiger partial charge in [-0.15, -0.1) is 0 Å². The number of hydrogen-bond acceptors (Lipinski definition) is 4. The molecule has 3 aromatic carbocycles. The number of allylic oxidation sites excluding steroid dienone is 1. The average molecular weight is 445 g/mol. The fraction of sp³-hybridized carbons (Fsp3) is 0.250. The maximum absolute atomic E-state index is 13.6. The van der Waals surface area contributed by atoms with E-state index in [0.717, 1.165) is 35.4 Å². The first kappa shape index (κ1) is 24.1. The summed E-state index contributed by atoms with van der Waals surface area (Å²) in [5.41, 5.74) is 3.45. The number of rotatable bonds is 10. The fourth-order valence-corrected chi connectivity index (χ4v) is 3.59. The van der Waals surface area contributed by atoms with E-state index in [0.29, 0.717) is 12.3 Å². The predicted molar refractivity (Wildman–Crippen MR) is 135 cm³/mol. The van der Waals surface area contributed by atoms with Gasteiger partial charge in [0.25, 0.3) is 0 Å². The summed E-state index contributed by atoms with van der Waals surface area (Å²) in [6, 6.07) is 24.2. The van der Waals surface area contributed by atoms with Crippen molar-refractivity contribution in [3.63, 3.8) is 0 Å². The number of nitrogens with one attached hydrogen (secondary N) is 1. The van der Waals surface area contributed by atoms with Crippen molar-refractivity contribution in [2.24, 2.45) is 0 Å². The van der Waals surface area contributed by atoms with Crippen LogP contribution in [0.4, 0.5) is 5.69 Å². The van der Waals surface area contributed by atoms with Crippen LogP contribution in [0.5, 0.6) is 11.5 Å². The first-order valence-corrected chi connectivity index (χ1v) is 11.2. The van der Waals surface area contributed by atoms with E-state index in [1.54, 1.807) is 24.3 Å². The lowest BCUT2D eigenvalue weighted by Crippen LogP contribution is -2.22. The van der Waals surface area contributed by atoms with Gasteiger partial charge in [-0.2, -0.15) is 0 Å². The Hall–Kier alpha value is -3.57. The Bertz CT molecular complexity index is 1040. The molecule has 1 amide bonds. The van der Waals surface area contributed by atoms with Gasteiger partial charge >= 0.3 is 0 Å². The minimum Gasteiger partial charge on any atom is -0.508 e. The first-order valence-electron chi connectivity index (χ1n) is 11.2. The summed E-state index contributed by atoms with van der Waals surface area (Å²) in [7, 11) is 4.01. The minimum absolute atomic E-state index is 0.134. The molecule has 2 N–H and O–H groups in total. The second kappa shape index (κ2) is 11.9.